The minimum Gasteiger partial charge on any atom is -0.310 e. The minimum absolute atomic E-state index is 0.173. The topological polar surface area (TPSA) is 3.24 Å². The van der Waals surface area contributed by atoms with E-state index in [2.05, 4.69) is 219 Å². The maximum atomic E-state index is 2.44. The number of para-hydroxylation sites is 1. The minimum atomic E-state index is -0.426. The monoisotopic (exact) mass is 709 g/mol. The van der Waals surface area contributed by atoms with Gasteiger partial charge in [0.2, 0.25) is 0 Å². The third-order valence-corrected chi connectivity index (χ3v) is 12.7. The number of fused-ring (bicyclic) bond motifs is 5. The van der Waals surface area contributed by atoms with E-state index in [-0.39, 0.29) is 5.41 Å². The first-order chi connectivity index (χ1) is 26.5. The summed E-state index contributed by atoms with van der Waals surface area (Å²) < 4.78 is 0. The number of hydrogen-bond acceptors (Lipinski definition) is 2. The Labute approximate surface area is 322 Å². The Morgan fingerprint density at radius 2 is 0.944 bits per heavy atom. The molecule has 0 radical (unpaired) electrons. The Balaban J connectivity index is 1.10. The number of rotatable bonds is 6. The van der Waals surface area contributed by atoms with E-state index in [0.717, 1.165) is 11.4 Å². The van der Waals surface area contributed by atoms with Crippen LogP contribution in [0.15, 0.2) is 210 Å². The number of nitrogens with zero attached hydrogens (tertiary/aromatic N) is 1. The van der Waals surface area contributed by atoms with Gasteiger partial charge in [-0.3, -0.25) is 0 Å². The fourth-order valence-electron chi connectivity index (χ4n) is 9.20. The molecular formula is C52H39NS. The van der Waals surface area contributed by atoms with Gasteiger partial charge >= 0.3 is 0 Å². The lowest BCUT2D eigenvalue weighted by Crippen LogP contribution is -2.28. The zero-order valence-electron chi connectivity index (χ0n) is 30.4. The Morgan fingerprint density at radius 3 is 1.65 bits per heavy atom. The van der Waals surface area contributed by atoms with Crippen molar-refractivity contribution in [1.29, 1.82) is 0 Å². The van der Waals surface area contributed by atoms with Gasteiger partial charge < -0.3 is 4.90 Å². The molecule has 1 nitrogen and oxygen atoms in total. The van der Waals surface area contributed by atoms with E-state index in [1.165, 1.54) is 71.1 Å². The lowest BCUT2D eigenvalue weighted by Gasteiger charge is -2.39. The molecule has 0 saturated heterocycles. The van der Waals surface area contributed by atoms with E-state index in [1.807, 2.05) is 11.8 Å². The summed E-state index contributed by atoms with van der Waals surface area (Å²) in [7, 11) is 0. The zero-order valence-corrected chi connectivity index (χ0v) is 31.2. The van der Waals surface area contributed by atoms with Crippen LogP contribution < -0.4 is 4.90 Å². The summed E-state index contributed by atoms with van der Waals surface area (Å²) >= 11 is 1.88. The van der Waals surface area contributed by atoms with Crippen molar-refractivity contribution in [3.8, 4) is 22.3 Å². The highest BCUT2D eigenvalue weighted by atomic mass is 32.2. The standard InChI is InChI=1S/C52H39NS/c1-51(2)46-27-13-14-29-48(46)54-49-30-16-28-47(50(49)51)53(40-21-7-4-8-22-40)41-33-31-36(32-34-41)37-17-15-20-39(35-37)52(38-18-5-3-6-19-38)44-25-11-9-23-42(44)43-24-10-12-26-45(43)52/h3-35H,1-2H3. The van der Waals surface area contributed by atoms with Crippen LogP contribution in [0.25, 0.3) is 22.3 Å². The maximum absolute atomic E-state index is 2.44. The molecule has 258 valence electrons. The molecule has 10 rings (SSSR count). The highest BCUT2D eigenvalue weighted by Gasteiger charge is 2.46. The predicted octanol–water partition coefficient (Wildman–Crippen LogP) is 14.0. The van der Waals surface area contributed by atoms with Gasteiger partial charge in [-0.1, -0.05) is 177 Å². The van der Waals surface area contributed by atoms with E-state index >= 15 is 0 Å². The second-order valence-corrected chi connectivity index (χ2v) is 16.0. The Hall–Kier alpha value is -6.09. The highest BCUT2D eigenvalue weighted by Crippen LogP contribution is 2.57. The third-order valence-electron chi connectivity index (χ3n) is 11.6. The average molecular weight is 710 g/mol. The first kappa shape index (κ1) is 32.6. The second-order valence-electron chi connectivity index (χ2n) is 14.9. The number of benzene rings is 8. The molecule has 0 bridgehead atoms. The molecule has 8 aromatic rings. The van der Waals surface area contributed by atoms with Gasteiger partial charge in [0.15, 0.2) is 0 Å². The van der Waals surface area contributed by atoms with E-state index in [0.29, 0.717) is 0 Å². The van der Waals surface area contributed by atoms with Crippen LogP contribution >= 0.6 is 11.8 Å². The molecule has 0 atom stereocenters. The van der Waals surface area contributed by atoms with Crippen LogP contribution in [-0.2, 0) is 10.8 Å². The molecule has 8 aromatic carbocycles. The second kappa shape index (κ2) is 12.8. The number of anilines is 3. The summed E-state index contributed by atoms with van der Waals surface area (Å²) in [6, 6.07) is 73.8. The molecular weight excluding hydrogens is 671 g/mol. The summed E-state index contributed by atoms with van der Waals surface area (Å²) in [5.41, 5.74) is 15.8. The van der Waals surface area contributed by atoms with Crippen molar-refractivity contribution in [2.24, 2.45) is 0 Å². The smallest absolute Gasteiger partial charge is 0.0713 e. The average Bonchev–Trinajstić information content (AvgIpc) is 3.53. The summed E-state index contributed by atoms with van der Waals surface area (Å²) in [5.74, 6) is 0. The molecule has 54 heavy (non-hydrogen) atoms. The lowest BCUT2D eigenvalue weighted by molar-refractivity contribution is 0.608. The largest absolute Gasteiger partial charge is 0.310 e. The van der Waals surface area contributed by atoms with Crippen molar-refractivity contribution in [3.05, 3.63) is 234 Å². The third kappa shape index (κ3) is 4.94. The molecule has 0 N–H and O–H groups in total. The molecule has 0 aromatic heterocycles. The van der Waals surface area contributed by atoms with Crippen LogP contribution in [0.1, 0.15) is 47.2 Å². The van der Waals surface area contributed by atoms with Crippen molar-refractivity contribution < 1.29 is 0 Å². The number of hydrogen-bond donors (Lipinski definition) is 0. The van der Waals surface area contributed by atoms with Gasteiger partial charge in [0.25, 0.3) is 0 Å². The zero-order chi connectivity index (χ0) is 36.3. The van der Waals surface area contributed by atoms with Gasteiger partial charge in [-0.15, -0.1) is 0 Å². The van der Waals surface area contributed by atoms with Crippen molar-refractivity contribution in [1.82, 2.24) is 0 Å². The van der Waals surface area contributed by atoms with Crippen LogP contribution in [0, 0.1) is 0 Å². The summed E-state index contributed by atoms with van der Waals surface area (Å²) in [4.78, 5) is 5.09. The van der Waals surface area contributed by atoms with Crippen molar-refractivity contribution in [3.63, 3.8) is 0 Å². The summed E-state index contributed by atoms with van der Waals surface area (Å²) in [6.45, 7) is 4.74. The van der Waals surface area contributed by atoms with E-state index in [4.69, 9.17) is 0 Å². The van der Waals surface area contributed by atoms with E-state index in [1.54, 1.807) is 0 Å². The van der Waals surface area contributed by atoms with Crippen LogP contribution in [-0.4, -0.2) is 0 Å². The fraction of sp³-hybridized carbons (Fsp3) is 0.0769. The van der Waals surface area contributed by atoms with Gasteiger partial charge in [0.1, 0.15) is 0 Å². The SMILES string of the molecule is CC1(C)c2ccccc2Sc2cccc(N(c3ccccc3)c3ccc(-c4cccc(C5(c6ccccc6)c6ccccc6-c6ccccc65)c4)cc3)c21. The molecule has 2 aliphatic rings. The molecule has 0 unspecified atom stereocenters. The molecule has 1 aliphatic heterocycles. The molecule has 2 heteroatoms. The molecule has 0 spiro atoms. The summed E-state index contributed by atoms with van der Waals surface area (Å²) in [5, 5.41) is 0. The van der Waals surface area contributed by atoms with Crippen molar-refractivity contribution in [2.75, 3.05) is 4.90 Å². The van der Waals surface area contributed by atoms with E-state index in [9.17, 15) is 0 Å². The molecule has 0 amide bonds. The fourth-order valence-corrected chi connectivity index (χ4v) is 10.6. The lowest BCUT2D eigenvalue weighted by atomic mass is 9.67. The highest BCUT2D eigenvalue weighted by molar-refractivity contribution is 7.99. The van der Waals surface area contributed by atoms with Gasteiger partial charge in [-0.25, -0.2) is 0 Å². The van der Waals surface area contributed by atoms with Gasteiger partial charge in [0.05, 0.1) is 11.1 Å². The molecule has 1 aliphatic carbocycles. The van der Waals surface area contributed by atoms with Crippen LogP contribution in [0.4, 0.5) is 17.1 Å². The van der Waals surface area contributed by atoms with Crippen LogP contribution in [0.3, 0.4) is 0 Å². The quantitative estimate of drug-likeness (QED) is 0.169. The van der Waals surface area contributed by atoms with Gasteiger partial charge in [-0.05, 0) is 98.6 Å². The maximum Gasteiger partial charge on any atom is 0.0713 e. The Bertz CT molecular complexity index is 2610. The van der Waals surface area contributed by atoms with Crippen LogP contribution in [0.2, 0.25) is 0 Å². The Morgan fingerprint density at radius 1 is 0.407 bits per heavy atom. The normalized spacial score (nSPS) is 14.3. The van der Waals surface area contributed by atoms with Gasteiger partial charge in [-0.2, -0.15) is 0 Å². The van der Waals surface area contributed by atoms with Crippen LogP contribution in [0.5, 0.6) is 0 Å². The van der Waals surface area contributed by atoms with Gasteiger partial charge in [0, 0.05) is 32.1 Å². The first-order valence-electron chi connectivity index (χ1n) is 18.8. The summed E-state index contributed by atoms with van der Waals surface area (Å²) in [6.07, 6.45) is 0. The predicted molar refractivity (Wildman–Crippen MR) is 227 cm³/mol. The molecule has 0 fully saturated rings. The molecule has 0 saturated carbocycles. The first-order valence-corrected chi connectivity index (χ1v) is 19.6. The van der Waals surface area contributed by atoms with Crippen molar-refractivity contribution >= 4 is 28.8 Å². The van der Waals surface area contributed by atoms with E-state index < -0.39 is 5.41 Å². The molecule has 1 heterocycles. The van der Waals surface area contributed by atoms with Crippen molar-refractivity contribution in [2.45, 2.75) is 34.5 Å². The Kier molecular flexibility index (Phi) is 7.71.